The SMILES string of the molecule is Cc1nc(N2CCCc3ccccc32)cc(N2CCc3ccccc32)n1. The molecule has 3 heterocycles. The number of nitrogens with zero attached hydrogens (tertiary/aromatic N) is 4. The summed E-state index contributed by atoms with van der Waals surface area (Å²) in [6.45, 7) is 3.97. The zero-order valence-corrected chi connectivity index (χ0v) is 15.0. The summed E-state index contributed by atoms with van der Waals surface area (Å²) in [5.41, 5.74) is 5.36. The first-order chi connectivity index (χ1) is 12.8. The van der Waals surface area contributed by atoms with E-state index in [-0.39, 0.29) is 0 Å². The summed E-state index contributed by atoms with van der Waals surface area (Å²) in [4.78, 5) is 14.2. The first-order valence-corrected chi connectivity index (χ1v) is 9.36. The van der Waals surface area contributed by atoms with Gasteiger partial charge in [-0.3, -0.25) is 0 Å². The van der Waals surface area contributed by atoms with Gasteiger partial charge in [0.05, 0.1) is 0 Å². The predicted molar refractivity (Wildman–Crippen MR) is 106 cm³/mol. The van der Waals surface area contributed by atoms with E-state index in [1.807, 2.05) is 6.92 Å². The van der Waals surface area contributed by atoms with Gasteiger partial charge in [-0.05, 0) is 49.4 Å². The van der Waals surface area contributed by atoms with E-state index >= 15 is 0 Å². The predicted octanol–water partition coefficient (Wildman–Crippen LogP) is 4.56. The van der Waals surface area contributed by atoms with Crippen molar-refractivity contribution >= 4 is 23.0 Å². The Labute approximate surface area is 154 Å². The average molecular weight is 342 g/mol. The topological polar surface area (TPSA) is 32.3 Å². The summed E-state index contributed by atoms with van der Waals surface area (Å²) in [5, 5.41) is 0. The van der Waals surface area contributed by atoms with E-state index in [4.69, 9.17) is 9.97 Å². The lowest BCUT2D eigenvalue weighted by Crippen LogP contribution is -2.26. The Kier molecular flexibility index (Phi) is 3.63. The van der Waals surface area contributed by atoms with Crippen LogP contribution in [0.2, 0.25) is 0 Å². The molecule has 0 saturated heterocycles. The van der Waals surface area contributed by atoms with Gasteiger partial charge in [-0.15, -0.1) is 0 Å². The molecule has 0 radical (unpaired) electrons. The molecule has 4 nitrogen and oxygen atoms in total. The highest BCUT2D eigenvalue weighted by Gasteiger charge is 2.24. The Morgan fingerprint density at radius 2 is 1.31 bits per heavy atom. The molecule has 0 spiro atoms. The first kappa shape index (κ1) is 15.4. The highest BCUT2D eigenvalue weighted by atomic mass is 15.3. The fourth-order valence-corrected chi connectivity index (χ4v) is 4.16. The molecule has 3 aromatic rings. The van der Waals surface area contributed by atoms with Gasteiger partial charge in [0, 0.05) is 30.5 Å². The minimum atomic E-state index is 0.824. The number of aryl methyl sites for hydroxylation is 2. The third-order valence-electron chi connectivity index (χ3n) is 5.36. The van der Waals surface area contributed by atoms with Crippen molar-refractivity contribution in [3.05, 3.63) is 71.5 Å². The molecule has 0 bridgehead atoms. The van der Waals surface area contributed by atoms with Gasteiger partial charge in [-0.1, -0.05) is 36.4 Å². The van der Waals surface area contributed by atoms with Crippen LogP contribution in [0.5, 0.6) is 0 Å². The van der Waals surface area contributed by atoms with E-state index in [2.05, 4.69) is 64.4 Å². The van der Waals surface area contributed by atoms with Crippen LogP contribution in [0.4, 0.5) is 23.0 Å². The van der Waals surface area contributed by atoms with Gasteiger partial charge in [0.2, 0.25) is 0 Å². The van der Waals surface area contributed by atoms with Gasteiger partial charge in [0.25, 0.3) is 0 Å². The van der Waals surface area contributed by atoms with Crippen molar-refractivity contribution in [1.29, 1.82) is 0 Å². The van der Waals surface area contributed by atoms with E-state index in [0.717, 1.165) is 49.8 Å². The zero-order chi connectivity index (χ0) is 17.5. The maximum atomic E-state index is 4.77. The van der Waals surface area contributed by atoms with Gasteiger partial charge in [-0.25, -0.2) is 9.97 Å². The third kappa shape index (κ3) is 2.53. The lowest BCUT2D eigenvalue weighted by Gasteiger charge is -2.31. The summed E-state index contributed by atoms with van der Waals surface area (Å²) in [6, 6.07) is 19.4. The molecule has 0 aliphatic carbocycles. The van der Waals surface area contributed by atoms with Crippen molar-refractivity contribution < 1.29 is 0 Å². The number of rotatable bonds is 2. The minimum absolute atomic E-state index is 0.824. The van der Waals surface area contributed by atoms with E-state index < -0.39 is 0 Å². The van der Waals surface area contributed by atoms with E-state index in [1.54, 1.807) is 0 Å². The Bertz CT molecular complexity index is 966. The summed E-state index contributed by atoms with van der Waals surface area (Å²) < 4.78 is 0. The monoisotopic (exact) mass is 342 g/mol. The molecule has 2 aliphatic heterocycles. The van der Waals surface area contributed by atoms with Gasteiger partial charge >= 0.3 is 0 Å². The smallest absolute Gasteiger partial charge is 0.138 e. The molecule has 5 rings (SSSR count). The number of hydrogen-bond acceptors (Lipinski definition) is 4. The molecular weight excluding hydrogens is 320 g/mol. The molecule has 0 amide bonds. The van der Waals surface area contributed by atoms with Crippen LogP contribution in [0, 0.1) is 6.92 Å². The number of anilines is 4. The van der Waals surface area contributed by atoms with Crippen LogP contribution in [0.25, 0.3) is 0 Å². The summed E-state index contributed by atoms with van der Waals surface area (Å²) in [5.74, 6) is 2.83. The number of benzene rings is 2. The average Bonchev–Trinajstić information content (AvgIpc) is 3.11. The largest absolute Gasteiger partial charge is 0.326 e. The fourth-order valence-electron chi connectivity index (χ4n) is 4.16. The molecule has 4 heteroatoms. The molecule has 1 aromatic heterocycles. The van der Waals surface area contributed by atoms with Crippen LogP contribution in [0.15, 0.2) is 54.6 Å². The van der Waals surface area contributed by atoms with Crippen molar-refractivity contribution in [2.75, 3.05) is 22.9 Å². The number of aromatic nitrogens is 2. The quantitative estimate of drug-likeness (QED) is 0.683. The first-order valence-electron chi connectivity index (χ1n) is 9.36. The summed E-state index contributed by atoms with van der Waals surface area (Å²) >= 11 is 0. The lowest BCUT2D eigenvalue weighted by atomic mass is 10.0. The van der Waals surface area contributed by atoms with Crippen LogP contribution in [0.3, 0.4) is 0 Å². The molecule has 0 saturated carbocycles. The second-order valence-corrected chi connectivity index (χ2v) is 7.05. The Morgan fingerprint density at radius 1 is 0.731 bits per heavy atom. The zero-order valence-electron chi connectivity index (χ0n) is 15.0. The van der Waals surface area contributed by atoms with Crippen LogP contribution in [0.1, 0.15) is 23.4 Å². The van der Waals surface area contributed by atoms with E-state index in [9.17, 15) is 0 Å². The second-order valence-electron chi connectivity index (χ2n) is 7.05. The highest BCUT2D eigenvalue weighted by Crippen LogP contribution is 2.37. The number of fused-ring (bicyclic) bond motifs is 2. The van der Waals surface area contributed by atoms with Gasteiger partial charge < -0.3 is 9.80 Å². The highest BCUT2D eigenvalue weighted by molar-refractivity contribution is 5.72. The Hall–Kier alpha value is -2.88. The molecule has 0 unspecified atom stereocenters. The number of para-hydroxylation sites is 2. The van der Waals surface area contributed by atoms with Crippen molar-refractivity contribution in [3.8, 4) is 0 Å². The van der Waals surface area contributed by atoms with Crippen LogP contribution < -0.4 is 9.80 Å². The molecule has 2 aliphatic rings. The second kappa shape index (κ2) is 6.13. The van der Waals surface area contributed by atoms with Gasteiger partial charge in [0.1, 0.15) is 17.5 Å². The van der Waals surface area contributed by atoms with Crippen molar-refractivity contribution in [3.63, 3.8) is 0 Å². The fraction of sp³-hybridized carbons (Fsp3) is 0.273. The molecule has 0 atom stereocenters. The Balaban J connectivity index is 1.57. The standard InChI is InChI=1S/C22H22N4/c1-16-23-21(25-13-6-9-17-7-2-4-10-19(17)25)15-22(24-16)26-14-12-18-8-3-5-11-20(18)26/h2-5,7-8,10-11,15H,6,9,12-14H2,1H3. The maximum Gasteiger partial charge on any atom is 0.138 e. The molecule has 0 N–H and O–H groups in total. The molecule has 26 heavy (non-hydrogen) atoms. The number of hydrogen-bond donors (Lipinski definition) is 0. The van der Waals surface area contributed by atoms with Gasteiger partial charge in [0.15, 0.2) is 0 Å². The van der Waals surface area contributed by atoms with Crippen LogP contribution in [-0.4, -0.2) is 23.1 Å². The molecule has 2 aromatic carbocycles. The maximum absolute atomic E-state index is 4.77. The minimum Gasteiger partial charge on any atom is -0.326 e. The molecule has 0 fully saturated rings. The van der Waals surface area contributed by atoms with Crippen molar-refractivity contribution in [2.24, 2.45) is 0 Å². The summed E-state index contributed by atoms with van der Waals surface area (Å²) in [7, 11) is 0. The van der Waals surface area contributed by atoms with E-state index in [1.165, 1.54) is 22.5 Å². The lowest BCUT2D eigenvalue weighted by molar-refractivity contribution is 0.756. The van der Waals surface area contributed by atoms with Crippen LogP contribution >= 0.6 is 0 Å². The third-order valence-corrected chi connectivity index (χ3v) is 5.36. The molecular formula is C22H22N4. The van der Waals surface area contributed by atoms with Gasteiger partial charge in [-0.2, -0.15) is 0 Å². The Morgan fingerprint density at radius 3 is 2.00 bits per heavy atom. The van der Waals surface area contributed by atoms with E-state index in [0.29, 0.717) is 0 Å². The molecule has 130 valence electrons. The van der Waals surface area contributed by atoms with Crippen LogP contribution in [-0.2, 0) is 12.8 Å². The van der Waals surface area contributed by atoms with Crippen molar-refractivity contribution in [1.82, 2.24) is 9.97 Å². The normalized spacial score (nSPS) is 15.7. The van der Waals surface area contributed by atoms with Crippen molar-refractivity contribution in [2.45, 2.75) is 26.2 Å². The summed E-state index contributed by atoms with van der Waals surface area (Å²) in [6.07, 6.45) is 3.37.